The first-order valence-corrected chi connectivity index (χ1v) is 6.55. The molecule has 0 atom stereocenters. The maximum absolute atomic E-state index is 4.65. The zero-order valence-electron chi connectivity index (χ0n) is 12.1. The maximum atomic E-state index is 4.65. The number of fused-ring (bicyclic) bond motifs is 1. The lowest BCUT2D eigenvalue weighted by Gasteiger charge is -2.21. The maximum Gasteiger partial charge on any atom is 0.180 e. The van der Waals surface area contributed by atoms with Crippen LogP contribution in [0.15, 0.2) is 18.6 Å². The highest BCUT2D eigenvalue weighted by Gasteiger charge is 2.11. The van der Waals surface area contributed by atoms with Gasteiger partial charge in [-0.15, -0.1) is 0 Å². The molecule has 0 saturated carbocycles. The van der Waals surface area contributed by atoms with E-state index in [1.54, 1.807) is 6.20 Å². The fourth-order valence-corrected chi connectivity index (χ4v) is 1.89. The number of imidazole rings is 1. The van der Waals surface area contributed by atoms with Crippen molar-refractivity contribution >= 4 is 17.3 Å². The van der Waals surface area contributed by atoms with Crippen LogP contribution in [0.2, 0.25) is 0 Å². The highest BCUT2D eigenvalue weighted by molar-refractivity contribution is 5.66. The van der Waals surface area contributed by atoms with Crippen molar-refractivity contribution in [2.45, 2.75) is 6.92 Å². The Hall–Kier alpha value is -1.82. The van der Waals surface area contributed by atoms with E-state index < -0.39 is 0 Å². The van der Waals surface area contributed by atoms with Gasteiger partial charge in [-0.25, -0.2) is 9.97 Å². The first-order valence-electron chi connectivity index (χ1n) is 6.55. The molecule has 0 aliphatic rings. The molecule has 0 saturated heterocycles. The summed E-state index contributed by atoms with van der Waals surface area (Å²) in [6.45, 7) is 4.82. The van der Waals surface area contributed by atoms with E-state index in [-0.39, 0.29) is 0 Å². The Morgan fingerprint density at radius 3 is 2.74 bits per heavy atom. The number of nitrogens with zero attached hydrogens (tertiary/aromatic N) is 5. The van der Waals surface area contributed by atoms with Crippen molar-refractivity contribution in [3.8, 4) is 0 Å². The molecule has 0 amide bonds. The number of hydrogen-bond acceptors (Lipinski definition) is 5. The Balaban J connectivity index is 2.31. The normalized spacial score (nSPS) is 11.2. The standard InChI is InChI=1S/C13H22N6/c1-5-14-11-10-19-7-6-15-12(19)13(16-11)18(4)9-8-17(2)3/h6-7,10,14H,5,8-9H2,1-4H3. The Kier molecular flexibility index (Phi) is 4.21. The van der Waals surface area contributed by atoms with Gasteiger partial charge in [0.2, 0.25) is 0 Å². The third kappa shape index (κ3) is 3.14. The molecule has 6 heteroatoms. The fourth-order valence-electron chi connectivity index (χ4n) is 1.89. The summed E-state index contributed by atoms with van der Waals surface area (Å²) in [6, 6.07) is 0. The second-order valence-corrected chi connectivity index (χ2v) is 4.86. The van der Waals surface area contributed by atoms with Gasteiger partial charge in [-0.1, -0.05) is 0 Å². The van der Waals surface area contributed by atoms with Crippen LogP contribution >= 0.6 is 0 Å². The molecule has 19 heavy (non-hydrogen) atoms. The number of nitrogens with one attached hydrogen (secondary N) is 1. The summed E-state index contributed by atoms with van der Waals surface area (Å²) in [5, 5.41) is 3.25. The number of aromatic nitrogens is 3. The topological polar surface area (TPSA) is 48.7 Å². The highest BCUT2D eigenvalue weighted by atomic mass is 15.2. The van der Waals surface area contributed by atoms with Crippen molar-refractivity contribution in [2.75, 3.05) is 51.0 Å². The van der Waals surface area contributed by atoms with E-state index in [2.05, 4.69) is 53.2 Å². The van der Waals surface area contributed by atoms with Crippen LogP contribution in [-0.2, 0) is 0 Å². The molecule has 2 rings (SSSR count). The minimum atomic E-state index is 0.855. The van der Waals surface area contributed by atoms with Gasteiger partial charge in [0.05, 0.1) is 6.20 Å². The summed E-state index contributed by atoms with van der Waals surface area (Å²) in [5.74, 6) is 1.78. The van der Waals surface area contributed by atoms with Crippen LogP contribution in [0.4, 0.5) is 11.6 Å². The van der Waals surface area contributed by atoms with Crippen LogP contribution < -0.4 is 10.2 Å². The quantitative estimate of drug-likeness (QED) is 0.846. The first kappa shape index (κ1) is 13.6. The molecule has 0 aromatic carbocycles. The van der Waals surface area contributed by atoms with Crippen molar-refractivity contribution < 1.29 is 0 Å². The van der Waals surface area contributed by atoms with Gasteiger partial charge in [0, 0.05) is 39.1 Å². The molecule has 2 heterocycles. The Bertz CT molecular complexity index is 533. The molecule has 0 spiro atoms. The fraction of sp³-hybridized carbons (Fsp3) is 0.538. The van der Waals surface area contributed by atoms with Crippen LogP contribution in [0.3, 0.4) is 0 Å². The molecule has 0 aliphatic heterocycles. The summed E-state index contributed by atoms with van der Waals surface area (Å²) in [7, 11) is 6.19. The van der Waals surface area contributed by atoms with Crippen LogP contribution in [0.5, 0.6) is 0 Å². The van der Waals surface area contributed by atoms with Gasteiger partial charge >= 0.3 is 0 Å². The Labute approximate surface area is 114 Å². The van der Waals surface area contributed by atoms with Crippen molar-refractivity contribution in [3.05, 3.63) is 18.6 Å². The van der Waals surface area contributed by atoms with Crippen molar-refractivity contribution in [1.29, 1.82) is 0 Å². The Morgan fingerprint density at radius 1 is 1.26 bits per heavy atom. The third-order valence-corrected chi connectivity index (χ3v) is 2.96. The smallest absolute Gasteiger partial charge is 0.180 e. The first-order chi connectivity index (χ1) is 9.11. The minimum Gasteiger partial charge on any atom is -0.369 e. The average molecular weight is 262 g/mol. The van der Waals surface area contributed by atoms with Gasteiger partial charge in [0.25, 0.3) is 0 Å². The van der Waals surface area contributed by atoms with Crippen molar-refractivity contribution in [2.24, 2.45) is 0 Å². The van der Waals surface area contributed by atoms with Crippen LogP contribution in [0.1, 0.15) is 6.92 Å². The number of rotatable bonds is 6. The molecule has 1 N–H and O–H groups in total. The van der Waals surface area contributed by atoms with Crippen molar-refractivity contribution in [1.82, 2.24) is 19.3 Å². The number of likely N-dealkylation sites (N-methyl/N-ethyl adjacent to an activating group) is 2. The molecule has 6 nitrogen and oxygen atoms in total. The summed E-state index contributed by atoms with van der Waals surface area (Å²) >= 11 is 0. The molecular weight excluding hydrogens is 240 g/mol. The SMILES string of the molecule is CCNc1cn2ccnc2c(N(C)CCN(C)C)n1. The summed E-state index contributed by atoms with van der Waals surface area (Å²) in [5.41, 5.74) is 0.892. The van der Waals surface area contributed by atoms with E-state index in [1.165, 1.54) is 0 Å². The lowest BCUT2D eigenvalue weighted by Crippen LogP contribution is -2.29. The van der Waals surface area contributed by atoms with Gasteiger partial charge in [-0.3, -0.25) is 0 Å². The van der Waals surface area contributed by atoms with Gasteiger partial charge in [-0.05, 0) is 21.0 Å². The van der Waals surface area contributed by atoms with E-state index >= 15 is 0 Å². The van der Waals surface area contributed by atoms with E-state index in [0.717, 1.165) is 36.9 Å². The van der Waals surface area contributed by atoms with Gasteiger partial charge in [-0.2, -0.15) is 0 Å². The molecular formula is C13H22N6. The van der Waals surface area contributed by atoms with E-state index in [0.29, 0.717) is 0 Å². The van der Waals surface area contributed by atoms with E-state index in [4.69, 9.17) is 0 Å². The minimum absolute atomic E-state index is 0.855. The monoisotopic (exact) mass is 262 g/mol. The zero-order chi connectivity index (χ0) is 13.8. The average Bonchev–Trinajstić information content (AvgIpc) is 2.83. The van der Waals surface area contributed by atoms with Crippen LogP contribution in [0.25, 0.3) is 5.65 Å². The van der Waals surface area contributed by atoms with E-state index in [1.807, 2.05) is 16.8 Å². The summed E-state index contributed by atoms with van der Waals surface area (Å²) in [6.07, 6.45) is 5.71. The Morgan fingerprint density at radius 2 is 2.05 bits per heavy atom. The summed E-state index contributed by atoms with van der Waals surface area (Å²) < 4.78 is 2.01. The van der Waals surface area contributed by atoms with Crippen LogP contribution in [0, 0.1) is 0 Å². The molecule has 0 unspecified atom stereocenters. The highest BCUT2D eigenvalue weighted by Crippen LogP contribution is 2.19. The van der Waals surface area contributed by atoms with Crippen molar-refractivity contribution in [3.63, 3.8) is 0 Å². The van der Waals surface area contributed by atoms with E-state index in [9.17, 15) is 0 Å². The third-order valence-electron chi connectivity index (χ3n) is 2.96. The lowest BCUT2D eigenvalue weighted by molar-refractivity contribution is 0.416. The number of hydrogen-bond donors (Lipinski definition) is 1. The predicted octanol–water partition coefficient (Wildman–Crippen LogP) is 1.16. The molecule has 0 bridgehead atoms. The second-order valence-electron chi connectivity index (χ2n) is 4.86. The van der Waals surface area contributed by atoms with Gasteiger partial charge < -0.3 is 19.5 Å². The predicted molar refractivity (Wildman–Crippen MR) is 79.0 cm³/mol. The van der Waals surface area contributed by atoms with Gasteiger partial charge in [0.15, 0.2) is 11.5 Å². The molecule has 2 aromatic heterocycles. The number of anilines is 2. The van der Waals surface area contributed by atoms with Gasteiger partial charge in [0.1, 0.15) is 5.82 Å². The molecule has 0 aliphatic carbocycles. The molecule has 0 radical (unpaired) electrons. The largest absolute Gasteiger partial charge is 0.369 e. The molecule has 104 valence electrons. The van der Waals surface area contributed by atoms with Crippen LogP contribution in [-0.4, -0.2) is 60.0 Å². The molecule has 2 aromatic rings. The summed E-state index contributed by atoms with van der Waals surface area (Å²) in [4.78, 5) is 13.3. The zero-order valence-corrected chi connectivity index (χ0v) is 12.1. The second kappa shape index (κ2) is 5.88. The lowest BCUT2D eigenvalue weighted by atomic mass is 10.4. The molecule has 0 fully saturated rings.